The van der Waals surface area contributed by atoms with Gasteiger partial charge in [0.2, 0.25) is 0 Å². The third-order valence-electron chi connectivity index (χ3n) is 4.87. The standard InChI is InChI=1S/C18H25N3O3.ClH/c1-12-17(22)20-15-5-3-4-14(16(15)24-12)18(23)21-10-7-13(8-11-21)6-9-19-2;/h3-5,12-13,19H,6-11H2,1-2H3,(H,20,22);1H. The van der Waals surface area contributed by atoms with Crippen molar-refractivity contribution in [3.8, 4) is 5.75 Å². The molecule has 6 nitrogen and oxygen atoms in total. The fourth-order valence-electron chi connectivity index (χ4n) is 3.34. The van der Waals surface area contributed by atoms with Gasteiger partial charge in [-0.1, -0.05) is 6.07 Å². The Morgan fingerprint density at radius 3 is 2.76 bits per heavy atom. The average Bonchev–Trinajstić information content (AvgIpc) is 2.60. The number of para-hydroxylation sites is 1. The van der Waals surface area contributed by atoms with Gasteiger partial charge in [0.15, 0.2) is 11.9 Å². The molecule has 2 N–H and O–H groups in total. The minimum absolute atomic E-state index is 0. The van der Waals surface area contributed by atoms with E-state index in [4.69, 9.17) is 4.74 Å². The number of likely N-dealkylation sites (tertiary alicyclic amines) is 1. The van der Waals surface area contributed by atoms with Crippen molar-refractivity contribution in [3.63, 3.8) is 0 Å². The molecule has 25 heavy (non-hydrogen) atoms. The average molecular weight is 368 g/mol. The van der Waals surface area contributed by atoms with Crippen molar-refractivity contribution in [2.24, 2.45) is 5.92 Å². The summed E-state index contributed by atoms with van der Waals surface area (Å²) >= 11 is 0. The van der Waals surface area contributed by atoms with E-state index in [9.17, 15) is 9.59 Å². The van der Waals surface area contributed by atoms with Crippen LogP contribution in [-0.2, 0) is 4.79 Å². The van der Waals surface area contributed by atoms with Crippen molar-refractivity contribution < 1.29 is 14.3 Å². The lowest BCUT2D eigenvalue weighted by Gasteiger charge is -2.33. The molecule has 3 rings (SSSR count). The van der Waals surface area contributed by atoms with Gasteiger partial charge in [-0.05, 0) is 57.8 Å². The first-order valence-corrected chi connectivity index (χ1v) is 8.64. The lowest BCUT2D eigenvalue weighted by Crippen LogP contribution is -2.40. The van der Waals surface area contributed by atoms with Crippen LogP contribution in [0.1, 0.15) is 36.5 Å². The normalized spacial score (nSPS) is 20.2. The largest absolute Gasteiger partial charge is 0.478 e. The number of piperidine rings is 1. The van der Waals surface area contributed by atoms with E-state index in [1.165, 1.54) is 0 Å². The summed E-state index contributed by atoms with van der Waals surface area (Å²) in [6, 6.07) is 5.32. The minimum atomic E-state index is -0.585. The highest BCUT2D eigenvalue weighted by molar-refractivity contribution is 6.04. The molecule has 1 aromatic rings. The third kappa shape index (κ3) is 4.25. The Morgan fingerprint density at radius 2 is 2.08 bits per heavy atom. The van der Waals surface area contributed by atoms with Crippen LogP contribution >= 0.6 is 12.4 Å². The maximum atomic E-state index is 12.9. The van der Waals surface area contributed by atoms with Gasteiger partial charge in [-0.15, -0.1) is 12.4 Å². The van der Waals surface area contributed by atoms with Crippen LogP contribution in [0.2, 0.25) is 0 Å². The second-order valence-electron chi connectivity index (χ2n) is 6.56. The number of fused-ring (bicyclic) bond motifs is 1. The number of benzene rings is 1. The predicted molar refractivity (Wildman–Crippen MR) is 99.6 cm³/mol. The molecule has 1 saturated heterocycles. The van der Waals surface area contributed by atoms with Crippen LogP contribution in [0.5, 0.6) is 5.75 Å². The molecule has 1 unspecified atom stereocenters. The number of hydrogen-bond donors (Lipinski definition) is 2. The SMILES string of the molecule is CNCCC1CCN(C(=O)c2cccc3c2OC(C)C(=O)N3)CC1.Cl. The Balaban J connectivity index is 0.00000225. The molecule has 2 aliphatic heterocycles. The highest BCUT2D eigenvalue weighted by atomic mass is 35.5. The maximum absolute atomic E-state index is 12.9. The quantitative estimate of drug-likeness (QED) is 0.856. The Kier molecular flexibility index (Phi) is 6.67. The number of ether oxygens (including phenoxy) is 1. The highest BCUT2D eigenvalue weighted by Gasteiger charge is 2.30. The van der Waals surface area contributed by atoms with Crippen LogP contribution in [-0.4, -0.2) is 49.5 Å². The van der Waals surface area contributed by atoms with E-state index in [2.05, 4.69) is 10.6 Å². The lowest BCUT2D eigenvalue weighted by molar-refractivity contribution is -0.122. The lowest BCUT2D eigenvalue weighted by atomic mass is 9.93. The van der Waals surface area contributed by atoms with E-state index in [1.54, 1.807) is 25.1 Å². The van der Waals surface area contributed by atoms with Crippen molar-refractivity contribution in [1.82, 2.24) is 10.2 Å². The summed E-state index contributed by atoms with van der Waals surface area (Å²) in [6.07, 6.45) is 2.65. The summed E-state index contributed by atoms with van der Waals surface area (Å²) < 4.78 is 5.69. The van der Waals surface area contributed by atoms with Crippen LogP contribution in [0, 0.1) is 5.92 Å². The number of nitrogens with zero attached hydrogens (tertiary/aromatic N) is 1. The molecule has 1 atom stereocenters. The Hall–Kier alpha value is -1.79. The number of carbonyl (C=O) groups is 2. The van der Waals surface area contributed by atoms with Crippen molar-refractivity contribution >= 4 is 29.9 Å². The van der Waals surface area contributed by atoms with E-state index in [1.807, 2.05) is 11.9 Å². The molecule has 0 aliphatic carbocycles. The van der Waals surface area contributed by atoms with Crippen molar-refractivity contribution in [2.45, 2.75) is 32.3 Å². The summed E-state index contributed by atoms with van der Waals surface area (Å²) in [5, 5.41) is 5.98. The van der Waals surface area contributed by atoms with E-state index in [0.717, 1.165) is 38.9 Å². The number of anilines is 1. The van der Waals surface area contributed by atoms with Gasteiger partial charge in [0, 0.05) is 13.1 Å². The van der Waals surface area contributed by atoms with Gasteiger partial charge in [0.05, 0.1) is 11.3 Å². The molecule has 1 fully saturated rings. The highest BCUT2D eigenvalue weighted by Crippen LogP contribution is 2.34. The molecule has 2 amide bonds. The fourth-order valence-corrected chi connectivity index (χ4v) is 3.34. The maximum Gasteiger partial charge on any atom is 0.265 e. The fraction of sp³-hybridized carbons (Fsp3) is 0.556. The molecule has 1 aromatic carbocycles. The van der Waals surface area contributed by atoms with Gasteiger partial charge >= 0.3 is 0 Å². The monoisotopic (exact) mass is 367 g/mol. The zero-order chi connectivity index (χ0) is 17.1. The molecule has 0 spiro atoms. The second-order valence-corrected chi connectivity index (χ2v) is 6.56. The molecule has 0 saturated carbocycles. The van der Waals surface area contributed by atoms with Gasteiger partial charge in [-0.25, -0.2) is 0 Å². The number of rotatable bonds is 4. The van der Waals surface area contributed by atoms with Gasteiger partial charge in [0.25, 0.3) is 11.8 Å². The molecular weight excluding hydrogens is 342 g/mol. The molecule has 0 bridgehead atoms. The van der Waals surface area contributed by atoms with Crippen LogP contribution < -0.4 is 15.4 Å². The first-order chi connectivity index (χ1) is 11.6. The number of amides is 2. The number of carbonyl (C=O) groups excluding carboxylic acids is 2. The van der Waals surface area contributed by atoms with Gasteiger partial charge in [-0.2, -0.15) is 0 Å². The van der Waals surface area contributed by atoms with Crippen LogP contribution in [0.3, 0.4) is 0 Å². The first kappa shape index (κ1) is 19.5. The van der Waals surface area contributed by atoms with E-state index in [-0.39, 0.29) is 24.2 Å². The van der Waals surface area contributed by atoms with Crippen LogP contribution in [0.25, 0.3) is 0 Å². The van der Waals surface area contributed by atoms with Crippen molar-refractivity contribution in [1.29, 1.82) is 0 Å². The Labute approximate surface area is 154 Å². The molecule has 0 aromatic heterocycles. The molecular formula is C18H26ClN3O3. The zero-order valence-electron chi connectivity index (χ0n) is 14.7. The summed E-state index contributed by atoms with van der Waals surface area (Å²) in [6.45, 7) is 4.26. The van der Waals surface area contributed by atoms with E-state index in [0.29, 0.717) is 22.9 Å². The third-order valence-corrected chi connectivity index (χ3v) is 4.87. The Bertz CT molecular complexity index is 630. The van der Waals surface area contributed by atoms with Gasteiger partial charge < -0.3 is 20.3 Å². The first-order valence-electron chi connectivity index (χ1n) is 8.64. The van der Waals surface area contributed by atoms with Gasteiger partial charge in [-0.3, -0.25) is 9.59 Å². The summed E-state index contributed by atoms with van der Waals surface area (Å²) in [5.41, 5.74) is 1.11. The topological polar surface area (TPSA) is 70.7 Å². The summed E-state index contributed by atoms with van der Waals surface area (Å²) in [5.74, 6) is 0.980. The predicted octanol–water partition coefficient (Wildman–Crippen LogP) is 2.29. The summed E-state index contributed by atoms with van der Waals surface area (Å²) in [4.78, 5) is 26.5. The molecule has 7 heteroatoms. The number of hydrogen-bond acceptors (Lipinski definition) is 4. The Morgan fingerprint density at radius 1 is 1.36 bits per heavy atom. The number of halogens is 1. The summed E-state index contributed by atoms with van der Waals surface area (Å²) in [7, 11) is 1.97. The second kappa shape index (κ2) is 8.54. The molecule has 2 aliphatic rings. The molecule has 2 heterocycles. The minimum Gasteiger partial charge on any atom is -0.478 e. The van der Waals surface area contributed by atoms with Gasteiger partial charge in [0.1, 0.15) is 0 Å². The van der Waals surface area contributed by atoms with Crippen molar-refractivity contribution in [2.75, 3.05) is 32.0 Å². The van der Waals surface area contributed by atoms with E-state index < -0.39 is 6.10 Å². The molecule has 0 radical (unpaired) electrons. The number of nitrogens with one attached hydrogen (secondary N) is 2. The molecule has 138 valence electrons. The van der Waals surface area contributed by atoms with E-state index >= 15 is 0 Å². The smallest absolute Gasteiger partial charge is 0.265 e. The van der Waals surface area contributed by atoms with Crippen molar-refractivity contribution in [3.05, 3.63) is 23.8 Å². The zero-order valence-corrected chi connectivity index (χ0v) is 15.5. The van der Waals surface area contributed by atoms with Crippen LogP contribution in [0.4, 0.5) is 5.69 Å². The van der Waals surface area contributed by atoms with Crippen LogP contribution in [0.15, 0.2) is 18.2 Å².